The van der Waals surface area contributed by atoms with Gasteiger partial charge in [0, 0.05) is 18.7 Å². The number of aliphatic hydroxyl groups is 1. The van der Waals surface area contributed by atoms with Crippen molar-refractivity contribution in [3.63, 3.8) is 0 Å². The standard InChI is InChI=1S/C23H36IN3O3/c24-23(19-28,11-17-27-14-4-5-15-27)25-22(29)20-7-9-21(10-8-20)30-18-6-16-26-12-2-1-3-13-26/h7-10,28H,1-6,11-19H2,(H,25,29). The molecule has 2 heterocycles. The third-order valence-corrected chi connectivity index (χ3v) is 7.21. The van der Waals surface area contributed by atoms with Gasteiger partial charge in [0.25, 0.3) is 5.91 Å². The van der Waals surface area contributed by atoms with Crippen molar-refractivity contribution in [2.24, 2.45) is 0 Å². The summed E-state index contributed by atoms with van der Waals surface area (Å²) in [6.07, 6.45) is 8.23. The summed E-state index contributed by atoms with van der Waals surface area (Å²) in [5.41, 5.74) is 0.589. The van der Waals surface area contributed by atoms with Crippen LogP contribution in [-0.2, 0) is 0 Å². The lowest BCUT2D eigenvalue weighted by Crippen LogP contribution is -2.48. The van der Waals surface area contributed by atoms with Crippen LogP contribution < -0.4 is 10.1 Å². The number of amides is 1. The Morgan fingerprint density at radius 1 is 1.00 bits per heavy atom. The summed E-state index contributed by atoms with van der Waals surface area (Å²) in [5.74, 6) is 0.638. The molecule has 2 aliphatic heterocycles. The van der Waals surface area contributed by atoms with E-state index in [1.807, 2.05) is 12.1 Å². The van der Waals surface area contributed by atoms with Crippen molar-refractivity contribution in [3.8, 4) is 5.75 Å². The Hall–Kier alpha value is -0.900. The highest BCUT2D eigenvalue weighted by molar-refractivity contribution is 14.1. The third-order valence-electron chi connectivity index (χ3n) is 6.06. The van der Waals surface area contributed by atoms with Gasteiger partial charge in [0.1, 0.15) is 9.30 Å². The molecule has 2 N–H and O–H groups in total. The van der Waals surface area contributed by atoms with Crippen molar-refractivity contribution in [1.82, 2.24) is 15.1 Å². The van der Waals surface area contributed by atoms with Crippen molar-refractivity contribution in [2.75, 3.05) is 52.5 Å². The van der Waals surface area contributed by atoms with E-state index < -0.39 is 3.55 Å². The predicted molar refractivity (Wildman–Crippen MR) is 128 cm³/mol. The first-order valence-corrected chi connectivity index (χ1v) is 12.5. The fourth-order valence-electron chi connectivity index (χ4n) is 4.16. The van der Waals surface area contributed by atoms with Crippen molar-refractivity contribution in [1.29, 1.82) is 0 Å². The molecule has 6 nitrogen and oxygen atoms in total. The minimum absolute atomic E-state index is 0.0780. The van der Waals surface area contributed by atoms with Crippen LogP contribution in [0.25, 0.3) is 0 Å². The molecule has 0 spiro atoms. The number of aliphatic hydroxyl groups excluding tert-OH is 1. The predicted octanol–water partition coefficient (Wildman–Crippen LogP) is 3.28. The van der Waals surface area contributed by atoms with Gasteiger partial charge in [-0.15, -0.1) is 0 Å². The molecule has 0 bridgehead atoms. The molecule has 7 heteroatoms. The number of carbonyl (C=O) groups is 1. The number of benzene rings is 1. The number of piperidine rings is 1. The van der Waals surface area contributed by atoms with E-state index in [-0.39, 0.29) is 12.5 Å². The molecule has 1 unspecified atom stereocenters. The van der Waals surface area contributed by atoms with Gasteiger partial charge in [-0.3, -0.25) is 4.79 Å². The van der Waals surface area contributed by atoms with Gasteiger partial charge in [0.05, 0.1) is 13.2 Å². The summed E-state index contributed by atoms with van der Waals surface area (Å²) in [4.78, 5) is 17.6. The molecule has 0 saturated carbocycles. The van der Waals surface area contributed by atoms with Crippen LogP contribution in [0.3, 0.4) is 0 Å². The van der Waals surface area contributed by atoms with Crippen molar-refractivity contribution < 1.29 is 14.6 Å². The fourth-order valence-corrected chi connectivity index (χ4v) is 4.65. The summed E-state index contributed by atoms with van der Waals surface area (Å²) in [6, 6.07) is 7.30. The average Bonchev–Trinajstić information content (AvgIpc) is 3.30. The van der Waals surface area contributed by atoms with Gasteiger partial charge < -0.3 is 25.0 Å². The summed E-state index contributed by atoms with van der Waals surface area (Å²) < 4.78 is 5.21. The number of likely N-dealkylation sites (tertiary alicyclic amines) is 2. The van der Waals surface area contributed by atoms with Gasteiger partial charge in [-0.05, 0) is 89.0 Å². The number of ether oxygens (including phenoxy) is 1. The Morgan fingerprint density at radius 2 is 1.60 bits per heavy atom. The van der Waals surface area contributed by atoms with E-state index in [9.17, 15) is 9.90 Å². The number of hydrogen-bond acceptors (Lipinski definition) is 5. The molecule has 1 atom stereocenters. The molecule has 2 fully saturated rings. The monoisotopic (exact) mass is 529 g/mol. The van der Waals surface area contributed by atoms with Gasteiger partial charge >= 0.3 is 0 Å². The zero-order chi connectivity index (χ0) is 21.2. The summed E-state index contributed by atoms with van der Waals surface area (Å²) >= 11 is 2.18. The van der Waals surface area contributed by atoms with Crippen LogP contribution in [0.15, 0.2) is 24.3 Å². The first-order valence-electron chi connectivity index (χ1n) is 11.4. The maximum atomic E-state index is 12.7. The maximum Gasteiger partial charge on any atom is 0.252 e. The molecule has 30 heavy (non-hydrogen) atoms. The number of alkyl halides is 1. The highest BCUT2D eigenvalue weighted by atomic mass is 127. The first-order chi connectivity index (χ1) is 14.6. The van der Waals surface area contributed by atoms with E-state index in [2.05, 4.69) is 37.7 Å². The SMILES string of the molecule is O=C(NC(I)(CO)CCN1CCCC1)c1ccc(OCCCN2CCCCC2)cc1. The highest BCUT2D eigenvalue weighted by Crippen LogP contribution is 2.22. The molecule has 2 aliphatic rings. The van der Waals surface area contributed by atoms with Crippen LogP contribution in [0.5, 0.6) is 5.75 Å². The number of rotatable bonds is 11. The molecule has 1 aromatic rings. The number of nitrogens with one attached hydrogen (secondary N) is 1. The Bertz CT molecular complexity index is 646. The average molecular weight is 529 g/mol. The number of nitrogens with zero attached hydrogens (tertiary/aromatic N) is 2. The van der Waals surface area contributed by atoms with Crippen LogP contribution in [0.4, 0.5) is 0 Å². The van der Waals surface area contributed by atoms with E-state index >= 15 is 0 Å². The number of carbonyl (C=O) groups excluding carboxylic acids is 1. The van der Waals surface area contributed by atoms with Crippen LogP contribution in [0, 0.1) is 0 Å². The van der Waals surface area contributed by atoms with Crippen molar-refractivity contribution in [3.05, 3.63) is 29.8 Å². The molecule has 0 aromatic heterocycles. The lowest BCUT2D eigenvalue weighted by molar-refractivity contribution is 0.0900. The Kier molecular flexibility index (Phi) is 9.67. The summed E-state index contributed by atoms with van der Waals surface area (Å²) in [6.45, 7) is 7.27. The molecule has 0 radical (unpaired) electrons. The summed E-state index contributed by atoms with van der Waals surface area (Å²) in [5, 5.41) is 12.9. The molecule has 168 valence electrons. The van der Waals surface area contributed by atoms with E-state index in [1.54, 1.807) is 12.1 Å². The smallest absolute Gasteiger partial charge is 0.252 e. The van der Waals surface area contributed by atoms with Gasteiger partial charge in [-0.1, -0.05) is 29.0 Å². The first kappa shape index (κ1) is 23.8. The van der Waals surface area contributed by atoms with Crippen LogP contribution >= 0.6 is 22.6 Å². The molecule has 2 saturated heterocycles. The largest absolute Gasteiger partial charge is 0.494 e. The zero-order valence-electron chi connectivity index (χ0n) is 18.0. The second kappa shape index (κ2) is 12.2. The van der Waals surface area contributed by atoms with E-state index in [0.717, 1.165) is 44.8 Å². The third kappa shape index (κ3) is 7.66. The highest BCUT2D eigenvalue weighted by Gasteiger charge is 2.29. The van der Waals surface area contributed by atoms with E-state index in [4.69, 9.17) is 4.74 Å². The lowest BCUT2D eigenvalue weighted by Gasteiger charge is -2.29. The van der Waals surface area contributed by atoms with Gasteiger partial charge in [-0.25, -0.2) is 0 Å². The van der Waals surface area contributed by atoms with Crippen LogP contribution in [0.2, 0.25) is 0 Å². The second-order valence-corrected chi connectivity index (χ2v) is 10.6. The minimum Gasteiger partial charge on any atom is -0.494 e. The summed E-state index contributed by atoms with van der Waals surface area (Å²) in [7, 11) is 0. The Labute approximate surface area is 194 Å². The second-order valence-electron chi connectivity index (χ2n) is 8.50. The van der Waals surface area contributed by atoms with Crippen LogP contribution in [-0.4, -0.2) is 76.8 Å². The normalized spacial score (nSPS) is 20.1. The topological polar surface area (TPSA) is 65.0 Å². The fraction of sp³-hybridized carbons (Fsp3) is 0.696. The molecule has 1 amide bonds. The molecular formula is C23H36IN3O3. The van der Waals surface area contributed by atoms with Crippen LogP contribution in [0.1, 0.15) is 55.3 Å². The maximum absolute atomic E-state index is 12.7. The quantitative estimate of drug-likeness (QED) is 0.200. The zero-order valence-corrected chi connectivity index (χ0v) is 20.1. The Morgan fingerprint density at radius 3 is 2.23 bits per heavy atom. The lowest BCUT2D eigenvalue weighted by atomic mass is 10.1. The molecule has 3 rings (SSSR count). The van der Waals surface area contributed by atoms with Crippen molar-refractivity contribution >= 4 is 28.5 Å². The Balaban J connectivity index is 1.40. The van der Waals surface area contributed by atoms with Gasteiger partial charge in [0.2, 0.25) is 0 Å². The van der Waals surface area contributed by atoms with Gasteiger partial charge in [-0.2, -0.15) is 0 Å². The molecule has 1 aromatic carbocycles. The van der Waals surface area contributed by atoms with E-state index in [0.29, 0.717) is 12.2 Å². The molecular weight excluding hydrogens is 493 g/mol. The van der Waals surface area contributed by atoms with Gasteiger partial charge in [0.15, 0.2) is 0 Å². The van der Waals surface area contributed by atoms with E-state index in [1.165, 1.54) is 45.2 Å². The number of halogens is 1. The number of hydrogen-bond donors (Lipinski definition) is 2. The minimum atomic E-state index is -0.638. The molecule has 0 aliphatic carbocycles. The van der Waals surface area contributed by atoms with Crippen molar-refractivity contribution in [2.45, 2.75) is 48.5 Å².